The van der Waals surface area contributed by atoms with Gasteiger partial charge in [0.05, 0.1) is 12.8 Å². The highest BCUT2D eigenvalue weighted by Gasteiger charge is 2.15. The van der Waals surface area contributed by atoms with E-state index in [2.05, 4.69) is 10.2 Å². The number of ether oxygens (including phenoxy) is 1. The number of methoxy groups -OCH3 is 1. The molecule has 0 aliphatic rings. The molecule has 0 fully saturated rings. The number of carbonyl (C=O) groups is 1. The number of hydrogen-bond acceptors (Lipinski definition) is 3. The fourth-order valence-corrected chi connectivity index (χ4v) is 2.16. The van der Waals surface area contributed by atoms with Crippen LogP contribution >= 0.6 is 11.6 Å². The van der Waals surface area contributed by atoms with Crippen LogP contribution in [0.4, 0.5) is 0 Å². The van der Waals surface area contributed by atoms with Gasteiger partial charge in [0.1, 0.15) is 11.4 Å². The Morgan fingerprint density at radius 3 is 2.74 bits per heavy atom. The van der Waals surface area contributed by atoms with Crippen molar-refractivity contribution < 1.29 is 14.6 Å². The highest BCUT2D eigenvalue weighted by Crippen LogP contribution is 2.34. The van der Waals surface area contributed by atoms with Gasteiger partial charge in [-0.3, -0.25) is 5.10 Å². The van der Waals surface area contributed by atoms with Crippen LogP contribution in [-0.2, 0) is 6.42 Å². The van der Waals surface area contributed by atoms with E-state index < -0.39 is 5.97 Å². The second-order valence-corrected chi connectivity index (χ2v) is 4.40. The Bertz CT molecular complexity index is 622. The van der Waals surface area contributed by atoms with Crippen LogP contribution in [0.3, 0.4) is 0 Å². The number of benzene rings is 1. The van der Waals surface area contributed by atoms with Gasteiger partial charge in [-0.2, -0.15) is 5.10 Å². The minimum absolute atomic E-state index is 0.0380. The minimum atomic E-state index is -1.05. The predicted octanol–water partition coefficient (Wildman–Crippen LogP) is 3.00. The third-order valence-corrected chi connectivity index (χ3v) is 3.05. The van der Waals surface area contributed by atoms with Crippen LogP contribution in [0.5, 0.6) is 5.75 Å². The van der Waals surface area contributed by atoms with E-state index in [-0.39, 0.29) is 5.69 Å². The Morgan fingerprint density at radius 2 is 2.21 bits per heavy atom. The molecule has 0 aliphatic carbocycles. The lowest BCUT2D eigenvalue weighted by atomic mass is 10.0. The number of aromatic nitrogens is 2. The van der Waals surface area contributed by atoms with Gasteiger partial charge < -0.3 is 9.84 Å². The van der Waals surface area contributed by atoms with Crippen molar-refractivity contribution in [3.63, 3.8) is 0 Å². The van der Waals surface area contributed by atoms with Crippen molar-refractivity contribution in [1.82, 2.24) is 10.2 Å². The van der Waals surface area contributed by atoms with E-state index >= 15 is 0 Å². The normalized spacial score (nSPS) is 10.5. The Labute approximate surface area is 115 Å². The van der Waals surface area contributed by atoms with E-state index in [9.17, 15) is 4.79 Å². The van der Waals surface area contributed by atoms with E-state index in [0.29, 0.717) is 16.5 Å². The third kappa shape index (κ3) is 2.56. The molecular formula is C13H13ClN2O3. The quantitative estimate of drug-likeness (QED) is 0.903. The Morgan fingerprint density at radius 1 is 1.47 bits per heavy atom. The number of H-pyrrole nitrogens is 1. The first-order chi connectivity index (χ1) is 9.06. The lowest BCUT2D eigenvalue weighted by Gasteiger charge is -2.11. The molecule has 0 radical (unpaired) electrons. The summed E-state index contributed by atoms with van der Waals surface area (Å²) in [5.41, 5.74) is 2.29. The number of carboxylic acid groups (broad SMARTS) is 1. The van der Waals surface area contributed by atoms with Crippen LogP contribution in [0.2, 0.25) is 5.02 Å². The molecule has 2 rings (SSSR count). The van der Waals surface area contributed by atoms with Gasteiger partial charge in [0.2, 0.25) is 0 Å². The van der Waals surface area contributed by atoms with Crippen molar-refractivity contribution in [1.29, 1.82) is 0 Å². The molecule has 0 aliphatic heterocycles. The predicted molar refractivity (Wildman–Crippen MR) is 71.9 cm³/mol. The van der Waals surface area contributed by atoms with Crippen molar-refractivity contribution in [2.24, 2.45) is 0 Å². The fourth-order valence-electron chi connectivity index (χ4n) is 1.96. The first kappa shape index (κ1) is 13.4. The summed E-state index contributed by atoms with van der Waals surface area (Å²) in [5.74, 6) is -0.379. The second kappa shape index (κ2) is 5.32. The van der Waals surface area contributed by atoms with Gasteiger partial charge in [-0.25, -0.2) is 4.79 Å². The topological polar surface area (TPSA) is 75.2 Å². The molecule has 0 spiro atoms. The highest BCUT2D eigenvalue weighted by atomic mass is 35.5. The SMILES string of the molecule is CCc1c(OC)cc(Cl)cc1-c1cc(C(=O)O)[nH]n1. The maximum atomic E-state index is 10.9. The average molecular weight is 281 g/mol. The lowest BCUT2D eigenvalue weighted by molar-refractivity contribution is 0.0690. The molecular weight excluding hydrogens is 268 g/mol. The monoisotopic (exact) mass is 280 g/mol. The standard InChI is InChI=1S/C13H13ClN2O3/c1-3-8-9(4-7(14)5-12(8)19-2)10-6-11(13(17)18)16-15-10/h4-6H,3H2,1-2H3,(H,15,16)(H,17,18). The Hall–Kier alpha value is -2.01. The number of aromatic carboxylic acids is 1. The Balaban J connectivity index is 2.59. The molecule has 19 heavy (non-hydrogen) atoms. The molecule has 0 amide bonds. The smallest absolute Gasteiger partial charge is 0.353 e. The van der Waals surface area contributed by atoms with Crippen LogP contribution < -0.4 is 4.74 Å². The van der Waals surface area contributed by atoms with Gasteiger partial charge in [-0.15, -0.1) is 0 Å². The second-order valence-electron chi connectivity index (χ2n) is 3.96. The summed E-state index contributed by atoms with van der Waals surface area (Å²) in [7, 11) is 1.57. The van der Waals surface area contributed by atoms with Crippen molar-refractivity contribution in [2.45, 2.75) is 13.3 Å². The summed E-state index contributed by atoms with van der Waals surface area (Å²) in [6.45, 7) is 1.99. The number of aromatic amines is 1. The maximum absolute atomic E-state index is 10.9. The van der Waals surface area contributed by atoms with E-state index in [1.807, 2.05) is 6.92 Å². The minimum Gasteiger partial charge on any atom is -0.496 e. The maximum Gasteiger partial charge on any atom is 0.353 e. The van der Waals surface area contributed by atoms with Gasteiger partial charge in [-0.1, -0.05) is 18.5 Å². The summed E-state index contributed by atoms with van der Waals surface area (Å²) in [6, 6.07) is 4.96. The molecule has 100 valence electrons. The molecule has 0 atom stereocenters. The zero-order valence-electron chi connectivity index (χ0n) is 10.5. The van der Waals surface area contributed by atoms with Gasteiger partial charge in [0.15, 0.2) is 0 Å². The fraction of sp³-hybridized carbons (Fsp3) is 0.231. The molecule has 0 saturated carbocycles. The van der Waals surface area contributed by atoms with Gasteiger partial charge in [0.25, 0.3) is 0 Å². The number of nitrogens with one attached hydrogen (secondary N) is 1. The van der Waals surface area contributed by atoms with Crippen molar-refractivity contribution in [2.75, 3.05) is 7.11 Å². The van der Waals surface area contributed by atoms with Crippen LogP contribution in [0.25, 0.3) is 11.3 Å². The molecule has 5 nitrogen and oxygen atoms in total. The van der Waals surface area contributed by atoms with Crippen LogP contribution in [0.15, 0.2) is 18.2 Å². The van der Waals surface area contributed by atoms with Gasteiger partial charge in [-0.05, 0) is 24.6 Å². The van der Waals surface area contributed by atoms with E-state index in [4.69, 9.17) is 21.4 Å². The van der Waals surface area contributed by atoms with Gasteiger partial charge >= 0.3 is 5.97 Å². The molecule has 0 unspecified atom stereocenters. The molecule has 0 saturated heterocycles. The van der Waals surface area contributed by atoms with Crippen LogP contribution in [0.1, 0.15) is 23.0 Å². The zero-order valence-corrected chi connectivity index (χ0v) is 11.3. The van der Waals surface area contributed by atoms with Crippen LogP contribution in [-0.4, -0.2) is 28.4 Å². The number of hydrogen-bond donors (Lipinski definition) is 2. The third-order valence-electron chi connectivity index (χ3n) is 2.83. The summed E-state index contributed by atoms with van der Waals surface area (Å²) >= 11 is 6.04. The molecule has 1 aromatic heterocycles. The largest absolute Gasteiger partial charge is 0.496 e. The first-order valence-electron chi connectivity index (χ1n) is 5.72. The Kier molecular flexibility index (Phi) is 3.76. The van der Waals surface area contributed by atoms with Crippen LogP contribution in [0, 0.1) is 0 Å². The summed E-state index contributed by atoms with van der Waals surface area (Å²) in [4.78, 5) is 10.9. The van der Waals surface area contributed by atoms with Crippen molar-refractivity contribution in [3.8, 4) is 17.0 Å². The molecule has 2 aromatic rings. The first-order valence-corrected chi connectivity index (χ1v) is 6.10. The van der Waals surface area contributed by atoms with Crippen molar-refractivity contribution >= 4 is 17.6 Å². The van der Waals surface area contributed by atoms with E-state index in [1.165, 1.54) is 6.07 Å². The number of nitrogens with zero attached hydrogens (tertiary/aromatic N) is 1. The lowest BCUT2D eigenvalue weighted by Crippen LogP contribution is -1.95. The average Bonchev–Trinajstić information content (AvgIpc) is 2.87. The highest BCUT2D eigenvalue weighted by molar-refractivity contribution is 6.31. The zero-order chi connectivity index (χ0) is 14.0. The number of halogens is 1. The molecule has 0 bridgehead atoms. The molecule has 2 N–H and O–H groups in total. The van der Waals surface area contributed by atoms with Gasteiger partial charge in [0, 0.05) is 16.1 Å². The number of rotatable bonds is 4. The van der Waals surface area contributed by atoms with E-state index in [0.717, 1.165) is 17.5 Å². The summed E-state index contributed by atoms with van der Waals surface area (Å²) in [6.07, 6.45) is 0.727. The summed E-state index contributed by atoms with van der Waals surface area (Å²) < 4.78 is 5.29. The van der Waals surface area contributed by atoms with E-state index in [1.54, 1.807) is 19.2 Å². The molecule has 1 aromatic carbocycles. The molecule has 1 heterocycles. The summed E-state index contributed by atoms with van der Waals surface area (Å²) in [5, 5.41) is 15.9. The number of carboxylic acids is 1. The molecule has 6 heteroatoms. The van der Waals surface area contributed by atoms with Crippen molar-refractivity contribution in [3.05, 3.63) is 34.5 Å².